The van der Waals surface area contributed by atoms with Gasteiger partial charge < -0.3 is 10.3 Å². The Labute approximate surface area is 161 Å². The van der Waals surface area contributed by atoms with Gasteiger partial charge in [-0.2, -0.15) is 0 Å². The lowest BCUT2D eigenvalue weighted by Gasteiger charge is -2.04. The van der Waals surface area contributed by atoms with Crippen LogP contribution in [0.3, 0.4) is 0 Å². The van der Waals surface area contributed by atoms with Gasteiger partial charge in [0.2, 0.25) is 0 Å². The van der Waals surface area contributed by atoms with E-state index in [1.165, 1.54) is 24.6 Å². The summed E-state index contributed by atoms with van der Waals surface area (Å²) in [7, 11) is 0. The Bertz CT molecular complexity index is 975. The molecule has 0 bridgehead atoms. The van der Waals surface area contributed by atoms with Crippen LogP contribution in [0.1, 0.15) is 17.1 Å². The van der Waals surface area contributed by atoms with E-state index in [2.05, 4.69) is 36.0 Å². The van der Waals surface area contributed by atoms with Gasteiger partial charge in [-0.15, -0.1) is 0 Å². The molecule has 2 N–H and O–H groups in total. The molecule has 2 heterocycles. The highest BCUT2D eigenvalue weighted by molar-refractivity contribution is 9.10. The van der Waals surface area contributed by atoms with E-state index in [4.69, 9.17) is 21.9 Å². The lowest BCUT2D eigenvalue weighted by molar-refractivity contribution is 0.418. The second-order valence-corrected chi connectivity index (χ2v) is 6.32. The number of nitrogens with zero attached hydrogens (tertiary/aromatic N) is 4. The van der Waals surface area contributed by atoms with E-state index in [1.807, 2.05) is 0 Å². The van der Waals surface area contributed by atoms with Crippen LogP contribution in [0.25, 0.3) is 5.70 Å². The molecule has 9 heteroatoms. The van der Waals surface area contributed by atoms with Crippen molar-refractivity contribution in [3.8, 4) is 0 Å². The first-order valence-electron chi connectivity index (χ1n) is 7.39. The molecule has 0 saturated carbocycles. The minimum Gasteiger partial charge on any atom is -0.396 e. The average molecular weight is 437 g/mol. The molecule has 0 aliphatic rings. The van der Waals surface area contributed by atoms with E-state index in [0.717, 1.165) is 0 Å². The van der Waals surface area contributed by atoms with Gasteiger partial charge in [0, 0.05) is 17.8 Å². The molecule has 0 saturated heterocycles. The highest BCUT2D eigenvalue weighted by Gasteiger charge is 2.10. The molecule has 0 aliphatic carbocycles. The van der Waals surface area contributed by atoms with Gasteiger partial charge in [0.15, 0.2) is 5.82 Å². The van der Waals surface area contributed by atoms with E-state index in [9.17, 15) is 4.39 Å². The molecule has 132 valence electrons. The van der Waals surface area contributed by atoms with Gasteiger partial charge in [0.25, 0.3) is 0 Å². The number of hydrogen-bond acceptors (Lipinski definition) is 6. The third-order valence-corrected chi connectivity index (χ3v) is 4.43. The molecule has 3 aromatic rings. The van der Waals surface area contributed by atoms with Crippen molar-refractivity contribution in [2.24, 2.45) is 10.7 Å². The fourth-order valence-corrected chi connectivity index (χ4v) is 2.36. The molecule has 1 aromatic carbocycles. The van der Waals surface area contributed by atoms with Crippen molar-refractivity contribution in [2.45, 2.75) is 6.54 Å². The largest absolute Gasteiger partial charge is 0.396 e. The second-order valence-electron chi connectivity index (χ2n) is 5.11. The second kappa shape index (κ2) is 8.20. The zero-order chi connectivity index (χ0) is 18.5. The molecule has 2 aromatic heterocycles. The summed E-state index contributed by atoms with van der Waals surface area (Å²) in [6.07, 6.45) is 4.45. The van der Waals surface area contributed by atoms with Crippen molar-refractivity contribution in [3.05, 3.63) is 81.4 Å². The molecule has 0 atom stereocenters. The quantitative estimate of drug-likeness (QED) is 0.482. The predicted molar refractivity (Wildman–Crippen MR) is 100 cm³/mol. The number of halogens is 3. The summed E-state index contributed by atoms with van der Waals surface area (Å²) in [5.41, 5.74) is 7.60. The number of aliphatic imine (C=N–C) groups is 1. The Balaban J connectivity index is 1.95. The first kappa shape index (κ1) is 18.2. The zero-order valence-corrected chi connectivity index (χ0v) is 15.6. The first-order chi connectivity index (χ1) is 12.5. The highest BCUT2D eigenvalue weighted by Crippen LogP contribution is 2.20. The van der Waals surface area contributed by atoms with Crippen molar-refractivity contribution >= 4 is 38.9 Å². The van der Waals surface area contributed by atoms with Crippen LogP contribution in [-0.2, 0) is 6.54 Å². The summed E-state index contributed by atoms with van der Waals surface area (Å²) in [6, 6.07) is 8.02. The van der Waals surface area contributed by atoms with Crippen LogP contribution in [0.15, 0.2) is 62.9 Å². The number of benzene rings is 1. The Morgan fingerprint density at radius 2 is 2.15 bits per heavy atom. The van der Waals surface area contributed by atoms with Crippen LogP contribution in [-0.4, -0.2) is 20.8 Å². The molecular formula is C17H12BrClFN5O. The summed E-state index contributed by atoms with van der Waals surface area (Å²) in [5.74, 6) is -0.101. The standard InChI is InChI=1S/C17H12BrClFN5O/c18-11-9-23-17(24-16(11)19)13(21)7-15(14-5-6-26-25-14)22-8-10-3-1-2-4-12(10)20/h1-7,9H,8,21H2. The van der Waals surface area contributed by atoms with Crippen LogP contribution >= 0.6 is 27.5 Å². The number of hydrogen-bond donors (Lipinski definition) is 1. The van der Waals surface area contributed by atoms with E-state index in [-0.39, 0.29) is 29.0 Å². The molecular weight excluding hydrogens is 425 g/mol. The summed E-state index contributed by atoms with van der Waals surface area (Å²) in [5, 5.41) is 4.09. The third-order valence-electron chi connectivity index (χ3n) is 3.33. The van der Waals surface area contributed by atoms with Crippen LogP contribution in [0.5, 0.6) is 0 Å². The van der Waals surface area contributed by atoms with Crippen LogP contribution in [0.4, 0.5) is 4.39 Å². The fraction of sp³-hybridized carbons (Fsp3) is 0.0588. The van der Waals surface area contributed by atoms with E-state index in [0.29, 0.717) is 21.4 Å². The number of nitrogens with two attached hydrogens (primary N) is 1. The topological polar surface area (TPSA) is 90.2 Å². The maximum Gasteiger partial charge on any atom is 0.176 e. The lowest BCUT2D eigenvalue weighted by atomic mass is 10.2. The van der Waals surface area contributed by atoms with Gasteiger partial charge in [-0.3, -0.25) is 4.99 Å². The Morgan fingerprint density at radius 3 is 2.85 bits per heavy atom. The minimum atomic E-state index is -0.337. The maximum absolute atomic E-state index is 13.8. The summed E-state index contributed by atoms with van der Waals surface area (Å²) < 4.78 is 19.2. The maximum atomic E-state index is 13.8. The normalized spacial score (nSPS) is 12.4. The van der Waals surface area contributed by atoms with E-state index >= 15 is 0 Å². The van der Waals surface area contributed by atoms with Crippen LogP contribution < -0.4 is 5.73 Å². The van der Waals surface area contributed by atoms with Crippen molar-refractivity contribution in [1.82, 2.24) is 15.1 Å². The third kappa shape index (κ3) is 4.33. The zero-order valence-electron chi connectivity index (χ0n) is 13.2. The van der Waals surface area contributed by atoms with E-state index in [1.54, 1.807) is 24.3 Å². The van der Waals surface area contributed by atoms with Crippen molar-refractivity contribution in [3.63, 3.8) is 0 Å². The molecule has 0 aliphatic heterocycles. The van der Waals surface area contributed by atoms with Gasteiger partial charge in [-0.1, -0.05) is 35.0 Å². The van der Waals surface area contributed by atoms with Gasteiger partial charge >= 0.3 is 0 Å². The SMILES string of the molecule is NC(=CC(=NCc1ccccc1F)c1ccon1)c1ncc(Br)c(Cl)n1. The summed E-state index contributed by atoms with van der Waals surface area (Å²) in [6.45, 7) is 0.112. The van der Waals surface area contributed by atoms with Gasteiger partial charge in [-0.25, -0.2) is 14.4 Å². The lowest BCUT2D eigenvalue weighted by Crippen LogP contribution is -2.08. The predicted octanol–water partition coefficient (Wildman–Crippen LogP) is 4.01. The van der Waals surface area contributed by atoms with Crippen molar-refractivity contribution < 1.29 is 8.91 Å². The molecule has 0 amide bonds. The van der Waals surface area contributed by atoms with Crippen LogP contribution in [0, 0.1) is 5.82 Å². The minimum absolute atomic E-state index is 0.112. The number of aromatic nitrogens is 3. The molecule has 0 spiro atoms. The molecule has 3 rings (SSSR count). The molecule has 0 unspecified atom stereocenters. The number of allylic oxidation sites excluding steroid dienone is 1. The summed E-state index contributed by atoms with van der Waals surface area (Å²) >= 11 is 9.19. The van der Waals surface area contributed by atoms with E-state index < -0.39 is 0 Å². The van der Waals surface area contributed by atoms with Crippen molar-refractivity contribution in [1.29, 1.82) is 0 Å². The Morgan fingerprint density at radius 1 is 1.35 bits per heavy atom. The highest BCUT2D eigenvalue weighted by atomic mass is 79.9. The Hall–Kier alpha value is -2.58. The molecule has 6 nitrogen and oxygen atoms in total. The fourth-order valence-electron chi connectivity index (χ4n) is 2.04. The van der Waals surface area contributed by atoms with Gasteiger partial charge in [-0.05, 0) is 28.1 Å². The smallest absolute Gasteiger partial charge is 0.176 e. The van der Waals surface area contributed by atoms with Gasteiger partial charge in [0.05, 0.1) is 22.4 Å². The Kier molecular flexibility index (Phi) is 5.75. The van der Waals surface area contributed by atoms with Crippen LogP contribution in [0.2, 0.25) is 5.15 Å². The molecule has 0 fully saturated rings. The van der Waals surface area contributed by atoms with Gasteiger partial charge in [0.1, 0.15) is 22.9 Å². The molecule has 0 radical (unpaired) electrons. The van der Waals surface area contributed by atoms with Crippen molar-refractivity contribution in [2.75, 3.05) is 0 Å². The number of rotatable bonds is 5. The monoisotopic (exact) mass is 435 g/mol. The molecule has 26 heavy (non-hydrogen) atoms. The first-order valence-corrected chi connectivity index (χ1v) is 8.56. The average Bonchev–Trinajstić information content (AvgIpc) is 3.16. The summed E-state index contributed by atoms with van der Waals surface area (Å²) in [4.78, 5) is 12.6.